The zero-order valence-corrected chi connectivity index (χ0v) is 14.0. The van der Waals surface area contributed by atoms with Gasteiger partial charge in [0.2, 0.25) is 0 Å². The molecule has 0 bridgehead atoms. The number of aromatic hydroxyl groups is 2. The lowest BCUT2D eigenvalue weighted by atomic mass is 9.83. The number of rotatable bonds is 6. The lowest BCUT2D eigenvalue weighted by Crippen LogP contribution is -2.08. The highest BCUT2D eigenvalue weighted by Crippen LogP contribution is 2.47. The monoisotopic (exact) mass is 300 g/mol. The highest BCUT2D eigenvalue weighted by atomic mass is 16.3. The van der Waals surface area contributed by atoms with Crippen LogP contribution in [0.15, 0.2) is 35.9 Å². The number of allylic oxidation sites excluding steroid dienone is 3. The molecular formula is C20H28O2. The fourth-order valence-corrected chi connectivity index (χ4v) is 3.47. The second kappa shape index (κ2) is 7.04. The Kier molecular flexibility index (Phi) is 5.33. The minimum atomic E-state index is 0.0298. The van der Waals surface area contributed by atoms with Crippen molar-refractivity contribution in [1.82, 2.24) is 0 Å². The third-order valence-corrected chi connectivity index (χ3v) is 4.67. The number of phenolic OH excluding ortho intramolecular Hbond substituents is 2. The van der Waals surface area contributed by atoms with E-state index in [-0.39, 0.29) is 23.3 Å². The number of hydrogen-bond acceptors (Lipinski definition) is 2. The zero-order valence-electron chi connectivity index (χ0n) is 14.0. The molecule has 0 amide bonds. The van der Waals surface area contributed by atoms with Crippen LogP contribution in [0.1, 0.15) is 63.5 Å². The summed E-state index contributed by atoms with van der Waals surface area (Å²) in [4.78, 5) is 0. The third kappa shape index (κ3) is 3.55. The molecule has 0 aliphatic heterocycles. The fourth-order valence-electron chi connectivity index (χ4n) is 3.47. The third-order valence-electron chi connectivity index (χ3n) is 4.67. The first-order valence-electron chi connectivity index (χ1n) is 8.31. The Morgan fingerprint density at radius 3 is 2.41 bits per heavy atom. The molecule has 1 aromatic rings. The number of benzene rings is 1. The molecule has 120 valence electrons. The summed E-state index contributed by atoms with van der Waals surface area (Å²) in [5, 5.41) is 20.9. The molecule has 0 heterocycles. The van der Waals surface area contributed by atoms with Crippen LogP contribution in [0.2, 0.25) is 0 Å². The largest absolute Gasteiger partial charge is 0.507 e. The van der Waals surface area contributed by atoms with Crippen LogP contribution in [-0.4, -0.2) is 10.2 Å². The molecule has 0 saturated carbocycles. The summed E-state index contributed by atoms with van der Waals surface area (Å²) in [5.74, 6) is 0.729. The molecule has 2 N–H and O–H groups in total. The van der Waals surface area contributed by atoms with E-state index in [4.69, 9.17) is 0 Å². The molecular weight excluding hydrogens is 272 g/mol. The lowest BCUT2D eigenvalue weighted by Gasteiger charge is -2.22. The van der Waals surface area contributed by atoms with Crippen molar-refractivity contribution in [2.45, 2.75) is 58.8 Å². The Balaban J connectivity index is 2.29. The molecule has 2 nitrogen and oxygen atoms in total. The molecule has 0 aromatic heterocycles. The first-order chi connectivity index (χ1) is 10.4. The average Bonchev–Trinajstić information content (AvgIpc) is 2.80. The molecule has 2 heteroatoms. The predicted octanol–water partition coefficient (Wildman–Crippen LogP) is 5.46. The van der Waals surface area contributed by atoms with Crippen LogP contribution in [0.25, 0.3) is 0 Å². The standard InChI is InChI=1S/C20H28O2/c1-5-6-7-8-15-11-18(21)20(19(22)12-15)17-10-14(4)9-16(17)13(2)3/h10-12,16-17,21-22H,2,5-9H2,1,3-4H3. The van der Waals surface area contributed by atoms with E-state index in [1.165, 1.54) is 18.4 Å². The van der Waals surface area contributed by atoms with Gasteiger partial charge >= 0.3 is 0 Å². The van der Waals surface area contributed by atoms with Gasteiger partial charge in [-0.3, -0.25) is 0 Å². The maximum Gasteiger partial charge on any atom is 0.123 e. The average molecular weight is 300 g/mol. The van der Waals surface area contributed by atoms with Crippen LogP contribution in [0.5, 0.6) is 11.5 Å². The van der Waals surface area contributed by atoms with E-state index in [0.717, 1.165) is 30.4 Å². The summed E-state index contributed by atoms with van der Waals surface area (Å²) in [6.07, 6.45) is 7.44. The zero-order chi connectivity index (χ0) is 16.3. The Morgan fingerprint density at radius 2 is 1.86 bits per heavy atom. The molecule has 2 rings (SSSR count). The molecule has 1 aromatic carbocycles. The van der Waals surface area contributed by atoms with Crippen molar-refractivity contribution < 1.29 is 10.2 Å². The normalized spacial score (nSPS) is 21.0. The molecule has 2 unspecified atom stereocenters. The van der Waals surface area contributed by atoms with Gasteiger partial charge in [-0.15, -0.1) is 0 Å². The van der Waals surface area contributed by atoms with E-state index in [9.17, 15) is 10.2 Å². The summed E-state index contributed by atoms with van der Waals surface area (Å²) in [7, 11) is 0. The second-order valence-electron chi connectivity index (χ2n) is 6.70. The molecule has 0 saturated heterocycles. The molecule has 0 radical (unpaired) electrons. The van der Waals surface area contributed by atoms with Crippen molar-refractivity contribution in [3.63, 3.8) is 0 Å². The molecule has 1 aliphatic rings. The first kappa shape index (κ1) is 16.7. The van der Waals surface area contributed by atoms with Gasteiger partial charge in [0.05, 0.1) is 0 Å². The predicted molar refractivity (Wildman–Crippen MR) is 92.4 cm³/mol. The summed E-state index contributed by atoms with van der Waals surface area (Å²) >= 11 is 0. The lowest BCUT2D eigenvalue weighted by molar-refractivity contribution is 0.422. The van der Waals surface area contributed by atoms with Crippen LogP contribution in [0.3, 0.4) is 0 Å². The molecule has 1 aliphatic carbocycles. The summed E-state index contributed by atoms with van der Waals surface area (Å²) in [6, 6.07) is 3.64. The van der Waals surface area contributed by atoms with Crippen LogP contribution in [-0.2, 0) is 6.42 Å². The molecule has 0 spiro atoms. The van der Waals surface area contributed by atoms with E-state index in [0.29, 0.717) is 5.56 Å². The minimum Gasteiger partial charge on any atom is -0.507 e. The van der Waals surface area contributed by atoms with E-state index in [1.807, 2.05) is 19.1 Å². The van der Waals surface area contributed by atoms with Gasteiger partial charge in [-0.05, 0) is 56.7 Å². The molecule has 2 atom stereocenters. The first-order valence-corrected chi connectivity index (χ1v) is 8.31. The van der Waals surface area contributed by atoms with E-state index >= 15 is 0 Å². The van der Waals surface area contributed by atoms with Gasteiger partial charge in [0.1, 0.15) is 11.5 Å². The maximum absolute atomic E-state index is 10.5. The summed E-state index contributed by atoms with van der Waals surface area (Å²) in [6.45, 7) is 10.4. The Hall–Kier alpha value is -1.70. The van der Waals surface area contributed by atoms with Crippen molar-refractivity contribution in [2.75, 3.05) is 0 Å². The van der Waals surface area contributed by atoms with Crippen LogP contribution < -0.4 is 0 Å². The van der Waals surface area contributed by atoms with E-state index in [1.54, 1.807) is 0 Å². The van der Waals surface area contributed by atoms with Gasteiger partial charge in [0, 0.05) is 11.5 Å². The topological polar surface area (TPSA) is 40.5 Å². The summed E-state index contributed by atoms with van der Waals surface area (Å²) in [5.41, 5.74) is 4.06. The van der Waals surface area contributed by atoms with Crippen molar-refractivity contribution in [3.8, 4) is 11.5 Å². The van der Waals surface area contributed by atoms with Crippen molar-refractivity contribution in [1.29, 1.82) is 0 Å². The number of phenols is 2. The van der Waals surface area contributed by atoms with Gasteiger partial charge in [-0.2, -0.15) is 0 Å². The smallest absolute Gasteiger partial charge is 0.123 e. The minimum absolute atomic E-state index is 0.0298. The van der Waals surface area contributed by atoms with Crippen molar-refractivity contribution >= 4 is 0 Å². The van der Waals surface area contributed by atoms with Crippen molar-refractivity contribution in [2.24, 2.45) is 5.92 Å². The van der Waals surface area contributed by atoms with Crippen LogP contribution >= 0.6 is 0 Å². The highest BCUT2D eigenvalue weighted by molar-refractivity contribution is 5.52. The maximum atomic E-state index is 10.5. The Morgan fingerprint density at radius 1 is 1.23 bits per heavy atom. The van der Waals surface area contributed by atoms with E-state index in [2.05, 4.69) is 26.5 Å². The molecule has 22 heavy (non-hydrogen) atoms. The quantitative estimate of drug-likeness (QED) is 0.541. The van der Waals surface area contributed by atoms with Gasteiger partial charge in [-0.25, -0.2) is 0 Å². The van der Waals surface area contributed by atoms with Gasteiger partial charge in [0.25, 0.3) is 0 Å². The molecule has 0 fully saturated rings. The number of hydrogen-bond donors (Lipinski definition) is 2. The van der Waals surface area contributed by atoms with Crippen LogP contribution in [0.4, 0.5) is 0 Å². The van der Waals surface area contributed by atoms with E-state index < -0.39 is 0 Å². The fraction of sp³-hybridized carbons (Fsp3) is 0.500. The number of unbranched alkanes of at least 4 members (excludes halogenated alkanes) is 2. The van der Waals surface area contributed by atoms with Crippen LogP contribution in [0, 0.1) is 5.92 Å². The SMILES string of the molecule is C=C(C)C1CC(C)=CC1c1c(O)cc(CCCCC)cc1O. The van der Waals surface area contributed by atoms with Gasteiger partial charge < -0.3 is 10.2 Å². The Labute approximate surface area is 134 Å². The second-order valence-corrected chi connectivity index (χ2v) is 6.70. The van der Waals surface area contributed by atoms with Gasteiger partial charge in [0.15, 0.2) is 0 Å². The van der Waals surface area contributed by atoms with Gasteiger partial charge in [-0.1, -0.05) is 43.6 Å². The number of aryl methyl sites for hydroxylation is 1. The highest BCUT2D eigenvalue weighted by Gasteiger charge is 2.31. The Bertz CT molecular complexity index is 560. The summed E-state index contributed by atoms with van der Waals surface area (Å²) < 4.78 is 0. The van der Waals surface area contributed by atoms with Crippen molar-refractivity contribution in [3.05, 3.63) is 47.1 Å².